The number of nitrogens with zero attached hydrogens (tertiary/aromatic N) is 1. The summed E-state index contributed by atoms with van der Waals surface area (Å²) in [4.78, 5) is 3.76. The van der Waals surface area contributed by atoms with Gasteiger partial charge in [-0.1, -0.05) is 13.8 Å². The smallest absolute Gasteiger partial charge is 0.244 e. The highest BCUT2D eigenvalue weighted by molar-refractivity contribution is 7.89. The molecule has 0 bridgehead atoms. The molecule has 0 radical (unpaired) electrons. The molecule has 0 aromatic carbocycles. The van der Waals surface area contributed by atoms with Gasteiger partial charge < -0.3 is 10.5 Å². The Morgan fingerprint density at radius 1 is 1.42 bits per heavy atom. The number of aromatic nitrogens is 1. The molecule has 0 unspecified atom stereocenters. The molecule has 0 aliphatic heterocycles. The average molecular weight is 287 g/mol. The van der Waals surface area contributed by atoms with E-state index >= 15 is 0 Å². The predicted molar refractivity (Wildman–Crippen MR) is 74.1 cm³/mol. The first-order chi connectivity index (χ1) is 8.93. The van der Waals surface area contributed by atoms with E-state index in [4.69, 9.17) is 10.5 Å². The summed E-state index contributed by atoms with van der Waals surface area (Å²) < 4.78 is 31.6. The van der Waals surface area contributed by atoms with E-state index in [1.165, 1.54) is 18.5 Å². The molecule has 1 heterocycles. The molecule has 6 nitrogen and oxygen atoms in total. The highest BCUT2D eigenvalue weighted by Crippen LogP contribution is 2.14. The van der Waals surface area contributed by atoms with Crippen molar-refractivity contribution < 1.29 is 13.2 Å². The second kappa shape index (κ2) is 7.42. The third-order valence-corrected chi connectivity index (χ3v) is 3.99. The van der Waals surface area contributed by atoms with Gasteiger partial charge in [-0.25, -0.2) is 13.1 Å². The Hall–Kier alpha value is -1.18. The predicted octanol–water partition coefficient (Wildman–Crippen LogP) is 1.00. The number of sulfonamides is 1. The van der Waals surface area contributed by atoms with Gasteiger partial charge in [0.15, 0.2) is 0 Å². The van der Waals surface area contributed by atoms with Crippen molar-refractivity contribution in [1.82, 2.24) is 9.71 Å². The van der Waals surface area contributed by atoms with Gasteiger partial charge in [-0.05, 0) is 18.4 Å². The molecule has 1 aromatic rings. The fraction of sp³-hybridized carbons (Fsp3) is 0.583. The van der Waals surface area contributed by atoms with Crippen molar-refractivity contribution in [2.45, 2.75) is 25.2 Å². The Labute approximate surface area is 114 Å². The number of pyridine rings is 1. The van der Waals surface area contributed by atoms with Crippen LogP contribution in [0.1, 0.15) is 20.3 Å². The van der Waals surface area contributed by atoms with Gasteiger partial charge in [-0.15, -0.1) is 0 Å². The molecule has 1 aromatic heterocycles. The number of rotatable bonds is 8. The normalized spacial score (nSPS) is 11.9. The molecule has 0 atom stereocenters. The summed E-state index contributed by atoms with van der Waals surface area (Å²) in [6.07, 6.45) is 3.64. The van der Waals surface area contributed by atoms with Crippen LogP contribution in [0.4, 0.5) is 5.69 Å². The van der Waals surface area contributed by atoms with Crippen LogP contribution >= 0.6 is 0 Å². The van der Waals surface area contributed by atoms with E-state index in [-0.39, 0.29) is 17.1 Å². The Morgan fingerprint density at radius 3 is 2.79 bits per heavy atom. The van der Waals surface area contributed by atoms with Crippen LogP contribution in [-0.2, 0) is 14.8 Å². The SMILES string of the molecule is CC(C)CCOCCNS(=O)(=O)c1cnccc1N. The van der Waals surface area contributed by atoms with E-state index in [1.807, 2.05) is 0 Å². The van der Waals surface area contributed by atoms with Crippen LogP contribution in [0.15, 0.2) is 23.4 Å². The Morgan fingerprint density at radius 2 is 2.16 bits per heavy atom. The standard InChI is InChI=1S/C12H21N3O3S/c1-10(2)4-7-18-8-6-15-19(16,17)12-9-14-5-3-11(12)13/h3,5,9-10,15H,4,6-8H2,1-2H3,(H2,13,14). The molecular weight excluding hydrogens is 266 g/mol. The molecule has 7 heteroatoms. The summed E-state index contributed by atoms with van der Waals surface area (Å²) in [5.74, 6) is 0.576. The van der Waals surface area contributed by atoms with Crippen molar-refractivity contribution in [3.63, 3.8) is 0 Å². The summed E-state index contributed by atoms with van der Waals surface area (Å²) in [6, 6.07) is 1.45. The number of hydrogen-bond acceptors (Lipinski definition) is 5. The van der Waals surface area contributed by atoms with Gasteiger partial charge in [0.2, 0.25) is 10.0 Å². The second-order valence-corrected chi connectivity index (χ2v) is 6.34. The number of nitrogen functional groups attached to an aromatic ring is 1. The zero-order valence-corrected chi connectivity index (χ0v) is 12.1. The Bertz CT molecular complexity index is 489. The fourth-order valence-electron chi connectivity index (χ4n) is 1.36. The topological polar surface area (TPSA) is 94.3 Å². The lowest BCUT2D eigenvalue weighted by Crippen LogP contribution is -2.28. The minimum Gasteiger partial charge on any atom is -0.398 e. The van der Waals surface area contributed by atoms with Crippen LogP contribution in [0.5, 0.6) is 0 Å². The van der Waals surface area contributed by atoms with Crippen molar-refractivity contribution in [3.8, 4) is 0 Å². The van der Waals surface area contributed by atoms with Crippen molar-refractivity contribution in [2.24, 2.45) is 5.92 Å². The van der Waals surface area contributed by atoms with Crippen LogP contribution in [0.2, 0.25) is 0 Å². The van der Waals surface area contributed by atoms with Crippen LogP contribution in [0.3, 0.4) is 0 Å². The monoisotopic (exact) mass is 287 g/mol. The van der Waals surface area contributed by atoms with Gasteiger partial charge in [-0.2, -0.15) is 0 Å². The van der Waals surface area contributed by atoms with Gasteiger partial charge in [-0.3, -0.25) is 4.98 Å². The molecular formula is C12H21N3O3S. The molecule has 108 valence electrons. The molecule has 0 spiro atoms. The number of nitrogens with two attached hydrogens (primary N) is 1. The first kappa shape index (κ1) is 15.9. The highest BCUT2D eigenvalue weighted by Gasteiger charge is 2.16. The summed E-state index contributed by atoms with van der Waals surface area (Å²) in [7, 11) is -3.61. The van der Waals surface area contributed by atoms with Crippen molar-refractivity contribution in [1.29, 1.82) is 0 Å². The van der Waals surface area contributed by atoms with E-state index in [0.29, 0.717) is 19.1 Å². The van der Waals surface area contributed by atoms with Crippen LogP contribution < -0.4 is 10.5 Å². The molecule has 3 N–H and O–H groups in total. The van der Waals surface area contributed by atoms with Gasteiger partial charge in [0.05, 0.1) is 12.3 Å². The number of hydrogen-bond donors (Lipinski definition) is 2. The lowest BCUT2D eigenvalue weighted by molar-refractivity contribution is 0.128. The third kappa shape index (κ3) is 5.54. The molecule has 0 fully saturated rings. The molecule has 0 aliphatic rings. The van der Waals surface area contributed by atoms with E-state index in [0.717, 1.165) is 6.42 Å². The Kier molecular flexibility index (Phi) is 6.20. The van der Waals surface area contributed by atoms with E-state index in [9.17, 15) is 8.42 Å². The summed E-state index contributed by atoms with van der Waals surface area (Å²) in [5, 5.41) is 0. The minimum absolute atomic E-state index is 0.00261. The highest BCUT2D eigenvalue weighted by atomic mass is 32.2. The van der Waals surface area contributed by atoms with Gasteiger partial charge >= 0.3 is 0 Å². The number of nitrogens with one attached hydrogen (secondary N) is 1. The van der Waals surface area contributed by atoms with Gasteiger partial charge in [0.1, 0.15) is 4.90 Å². The Balaban J connectivity index is 2.38. The summed E-state index contributed by atoms with van der Waals surface area (Å²) in [5.41, 5.74) is 5.79. The summed E-state index contributed by atoms with van der Waals surface area (Å²) >= 11 is 0. The van der Waals surface area contributed by atoms with Crippen LogP contribution in [0, 0.1) is 5.92 Å². The third-order valence-electron chi connectivity index (χ3n) is 2.48. The first-order valence-electron chi connectivity index (χ1n) is 6.20. The van der Waals surface area contributed by atoms with Crippen LogP contribution in [0.25, 0.3) is 0 Å². The minimum atomic E-state index is -3.61. The molecule has 0 saturated carbocycles. The van der Waals surface area contributed by atoms with Crippen molar-refractivity contribution >= 4 is 15.7 Å². The van der Waals surface area contributed by atoms with Crippen molar-refractivity contribution in [3.05, 3.63) is 18.5 Å². The lowest BCUT2D eigenvalue weighted by atomic mass is 10.1. The number of anilines is 1. The first-order valence-corrected chi connectivity index (χ1v) is 7.68. The fourth-order valence-corrected chi connectivity index (χ4v) is 2.45. The van der Waals surface area contributed by atoms with Gasteiger partial charge in [0.25, 0.3) is 0 Å². The van der Waals surface area contributed by atoms with E-state index < -0.39 is 10.0 Å². The molecule has 0 amide bonds. The molecule has 0 aliphatic carbocycles. The number of ether oxygens (including phenoxy) is 1. The maximum atomic E-state index is 11.9. The largest absolute Gasteiger partial charge is 0.398 e. The van der Waals surface area contributed by atoms with Crippen molar-refractivity contribution in [2.75, 3.05) is 25.5 Å². The van der Waals surface area contributed by atoms with Gasteiger partial charge in [0, 0.05) is 25.5 Å². The van der Waals surface area contributed by atoms with E-state index in [2.05, 4.69) is 23.6 Å². The summed E-state index contributed by atoms with van der Waals surface area (Å²) in [6.45, 7) is 5.41. The maximum Gasteiger partial charge on any atom is 0.244 e. The average Bonchev–Trinajstić information content (AvgIpc) is 2.33. The molecule has 1 rings (SSSR count). The van der Waals surface area contributed by atoms with E-state index in [1.54, 1.807) is 0 Å². The zero-order chi connectivity index (χ0) is 14.3. The zero-order valence-electron chi connectivity index (χ0n) is 11.3. The van der Waals surface area contributed by atoms with Crippen LogP contribution in [-0.4, -0.2) is 33.2 Å². The molecule has 0 saturated heterocycles. The second-order valence-electron chi connectivity index (χ2n) is 4.61. The maximum absolute atomic E-state index is 11.9. The quantitative estimate of drug-likeness (QED) is 0.696. The molecule has 19 heavy (non-hydrogen) atoms. The lowest BCUT2D eigenvalue weighted by Gasteiger charge is -2.09.